The highest BCUT2D eigenvalue weighted by Gasteiger charge is 2.11. The van der Waals surface area contributed by atoms with Crippen molar-refractivity contribution in [2.24, 2.45) is 10.2 Å². The number of nitrogens with zero attached hydrogens (tertiary/aromatic N) is 4. The van der Waals surface area contributed by atoms with Gasteiger partial charge in [-0.25, -0.2) is 0 Å². The fourth-order valence-corrected chi connectivity index (χ4v) is 3.59. The van der Waals surface area contributed by atoms with Gasteiger partial charge in [0.2, 0.25) is 0 Å². The van der Waals surface area contributed by atoms with Gasteiger partial charge in [-0.1, -0.05) is 97.1 Å². The van der Waals surface area contributed by atoms with Gasteiger partial charge >= 0.3 is 0 Å². The first-order chi connectivity index (χ1) is 16.7. The molecule has 4 aromatic carbocycles. The topological polar surface area (TPSA) is 31.2 Å². The summed E-state index contributed by atoms with van der Waals surface area (Å²) in [6.07, 6.45) is 0. The molecule has 0 aliphatic rings. The van der Waals surface area contributed by atoms with Crippen LogP contribution in [-0.2, 0) is 13.1 Å². The second kappa shape index (κ2) is 11.6. The Morgan fingerprint density at radius 3 is 1.09 bits per heavy atom. The first-order valence-corrected chi connectivity index (χ1v) is 11.5. The van der Waals surface area contributed by atoms with Crippen molar-refractivity contribution < 1.29 is 0 Å². The smallest absolute Gasteiger partial charge is 0.0808 e. The van der Waals surface area contributed by atoms with Crippen LogP contribution in [0.15, 0.2) is 132 Å². The van der Waals surface area contributed by atoms with E-state index >= 15 is 0 Å². The molecule has 0 heterocycles. The van der Waals surface area contributed by atoms with Crippen LogP contribution < -0.4 is 10.0 Å². The minimum absolute atomic E-state index is 0.682. The van der Waals surface area contributed by atoms with Crippen molar-refractivity contribution in [3.63, 3.8) is 0 Å². The van der Waals surface area contributed by atoms with Crippen LogP contribution in [0.4, 0.5) is 11.4 Å². The fraction of sp³-hybridized carbons (Fsp3) is 0.133. The van der Waals surface area contributed by atoms with Crippen molar-refractivity contribution in [3.8, 4) is 0 Å². The lowest BCUT2D eigenvalue weighted by Gasteiger charge is -2.22. The summed E-state index contributed by atoms with van der Waals surface area (Å²) in [4.78, 5) is 0. The Morgan fingerprint density at radius 2 is 0.765 bits per heavy atom. The molecular weight excluding hydrogens is 416 g/mol. The van der Waals surface area contributed by atoms with Gasteiger partial charge in [-0.3, -0.25) is 10.0 Å². The summed E-state index contributed by atoms with van der Waals surface area (Å²) in [5.74, 6) is 0. The molecule has 4 aromatic rings. The largest absolute Gasteiger partial charge is 0.261 e. The van der Waals surface area contributed by atoms with Gasteiger partial charge in [-0.05, 0) is 49.2 Å². The van der Waals surface area contributed by atoms with E-state index in [4.69, 9.17) is 10.2 Å². The Labute approximate surface area is 202 Å². The van der Waals surface area contributed by atoms with Crippen molar-refractivity contribution in [2.45, 2.75) is 26.9 Å². The Balaban J connectivity index is 1.63. The molecule has 0 N–H and O–H groups in total. The van der Waals surface area contributed by atoms with Gasteiger partial charge in [0, 0.05) is 0 Å². The molecule has 0 saturated heterocycles. The Bertz CT molecular complexity index is 1100. The summed E-state index contributed by atoms with van der Waals surface area (Å²) in [6.45, 7) is 5.40. The van der Waals surface area contributed by atoms with Crippen LogP contribution in [0.1, 0.15) is 25.0 Å². The molecule has 4 nitrogen and oxygen atoms in total. The molecule has 170 valence electrons. The number of hydrazone groups is 2. The second-order valence-electron chi connectivity index (χ2n) is 8.13. The van der Waals surface area contributed by atoms with Crippen LogP contribution in [0.25, 0.3) is 0 Å². The average molecular weight is 447 g/mol. The maximum Gasteiger partial charge on any atom is 0.0808 e. The van der Waals surface area contributed by atoms with Crippen molar-refractivity contribution in [2.75, 3.05) is 10.0 Å². The van der Waals surface area contributed by atoms with Crippen LogP contribution in [0, 0.1) is 0 Å². The molecule has 4 heteroatoms. The van der Waals surface area contributed by atoms with E-state index in [1.54, 1.807) is 0 Å². The predicted octanol–water partition coefficient (Wildman–Crippen LogP) is 7.15. The zero-order valence-electron chi connectivity index (χ0n) is 19.8. The van der Waals surface area contributed by atoms with Gasteiger partial charge in [-0.2, -0.15) is 10.2 Å². The van der Waals surface area contributed by atoms with Gasteiger partial charge in [0.05, 0.1) is 35.9 Å². The summed E-state index contributed by atoms with van der Waals surface area (Å²) >= 11 is 0. The molecule has 0 aliphatic carbocycles. The van der Waals surface area contributed by atoms with Crippen molar-refractivity contribution in [1.82, 2.24) is 0 Å². The summed E-state index contributed by atoms with van der Waals surface area (Å²) in [6, 6.07) is 41.3. The Hall–Kier alpha value is -4.18. The lowest BCUT2D eigenvalue weighted by molar-refractivity contribution is 0.847. The number of anilines is 2. The average Bonchev–Trinajstić information content (AvgIpc) is 2.90. The van der Waals surface area contributed by atoms with E-state index in [-0.39, 0.29) is 0 Å². The minimum atomic E-state index is 0.682. The van der Waals surface area contributed by atoms with E-state index in [2.05, 4.69) is 72.8 Å². The highest BCUT2D eigenvalue weighted by atomic mass is 15.5. The molecule has 0 unspecified atom stereocenters. The first-order valence-electron chi connectivity index (χ1n) is 11.5. The van der Waals surface area contributed by atoms with Crippen LogP contribution in [0.3, 0.4) is 0 Å². The third kappa shape index (κ3) is 6.42. The van der Waals surface area contributed by atoms with Crippen molar-refractivity contribution in [1.29, 1.82) is 0 Å². The Morgan fingerprint density at radius 1 is 0.471 bits per heavy atom. The normalized spacial score (nSPS) is 11.8. The van der Waals surface area contributed by atoms with E-state index in [0.717, 1.165) is 22.8 Å². The van der Waals surface area contributed by atoms with E-state index in [0.29, 0.717) is 13.1 Å². The Kier molecular flexibility index (Phi) is 7.86. The lowest BCUT2D eigenvalue weighted by Crippen LogP contribution is -2.23. The summed E-state index contributed by atoms with van der Waals surface area (Å²) in [5, 5.41) is 14.0. The van der Waals surface area contributed by atoms with Crippen LogP contribution in [0.5, 0.6) is 0 Å². The van der Waals surface area contributed by atoms with Crippen molar-refractivity contribution in [3.05, 3.63) is 132 Å². The number of rotatable bonds is 9. The SMILES string of the molecule is CC(=N\N(Cc1ccccc1)c1ccccc1)/C(C)=N/N(Cc1ccccc1)c1ccccc1. The van der Waals surface area contributed by atoms with E-state index < -0.39 is 0 Å². The molecule has 0 saturated carbocycles. The molecule has 0 amide bonds. The molecule has 0 fully saturated rings. The first kappa shape index (κ1) is 23.0. The third-order valence-corrected chi connectivity index (χ3v) is 5.52. The molecular formula is C30H30N4. The van der Waals surface area contributed by atoms with Gasteiger partial charge in [0.1, 0.15) is 0 Å². The fourth-order valence-electron chi connectivity index (χ4n) is 3.59. The highest BCUT2D eigenvalue weighted by molar-refractivity contribution is 6.40. The molecule has 0 aromatic heterocycles. The monoisotopic (exact) mass is 446 g/mol. The summed E-state index contributed by atoms with van der Waals surface area (Å²) in [5.41, 5.74) is 6.23. The van der Waals surface area contributed by atoms with E-state index in [1.165, 1.54) is 11.1 Å². The molecule has 0 aliphatic heterocycles. The molecule has 0 spiro atoms. The highest BCUT2D eigenvalue weighted by Crippen LogP contribution is 2.19. The van der Waals surface area contributed by atoms with E-state index in [9.17, 15) is 0 Å². The quantitative estimate of drug-likeness (QED) is 0.202. The molecule has 0 bridgehead atoms. The molecule has 34 heavy (non-hydrogen) atoms. The maximum absolute atomic E-state index is 4.99. The lowest BCUT2D eigenvalue weighted by atomic mass is 10.2. The second-order valence-corrected chi connectivity index (χ2v) is 8.13. The number of benzene rings is 4. The maximum atomic E-state index is 4.99. The van der Waals surface area contributed by atoms with Crippen LogP contribution >= 0.6 is 0 Å². The van der Waals surface area contributed by atoms with Gasteiger partial charge in [-0.15, -0.1) is 0 Å². The van der Waals surface area contributed by atoms with Gasteiger partial charge in [0.15, 0.2) is 0 Å². The zero-order valence-corrected chi connectivity index (χ0v) is 19.8. The third-order valence-electron chi connectivity index (χ3n) is 5.52. The van der Waals surface area contributed by atoms with Crippen LogP contribution in [0.2, 0.25) is 0 Å². The van der Waals surface area contributed by atoms with Gasteiger partial charge < -0.3 is 0 Å². The van der Waals surface area contributed by atoms with Crippen molar-refractivity contribution >= 4 is 22.8 Å². The summed E-state index contributed by atoms with van der Waals surface area (Å²) < 4.78 is 0. The van der Waals surface area contributed by atoms with E-state index in [1.807, 2.05) is 72.4 Å². The summed E-state index contributed by atoms with van der Waals surface area (Å²) in [7, 11) is 0. The predicted molar refractivity (Wildman–Crippen MR) is 144 cm³/mol. The number of hydrogen-bond donors (Lipinski definition) is 0. The number of hydrogen-bond acceptors (Lipinski definition) is 4. The standard InChI is InChI=1S/C30H30N4/c1-25(31-33(29-19-11-5-12-20-29)23-27-15-7-3-8-16-27)26(2)32-34(30-21-13-6-14-22-30)24-28-17-9-4-10-18-28/h3-22H,23-24H2,1-2H3/b31-25+,32-26+. The van der Waals surface area contributed by atoms with Crippen LogP contribution in [-0.4, -0.2) is 11.4 Å². The zero-order chi connectivity index (χ0) is 23.6. The number of para-hydroxylation sites is 2. The molecule has 4 rings (SSSR count). The molecule has 0 atom stereocenters. The molecule has 0 radical (unpaired) electrons. The minimum Gasteiger partial charge on any atom is -0.261 e. The van der Waals surface area contributed by atoms with Gasteiger partial charge in [0.25, 0.3) is 0 Å².